The number of amides is 1. The standard InChI is InChI=1S/C17H20N4O2/c1-20-10-5-8-17(15(20)22)9-11-21(12-17)16-18-14(19-23-16)13-6-3-2-4-7-13/h2-4,6-7H,5,8-12H2,1H3/t17-/m1/s1. The lowest BCUT2D eigenvalue weighted by molar-refractivity contribution is -0.143. The third-order valence-electron chi connectivity index (χ3n) is 5.02. The normalized spacial score (nSPS) is 24.7. The molecule has 0 radical (unpaired) electrons. The Morgan fingerprint density at radius 3 is 2.83 bits per heavy atom. The number of rotatable bonds is 2. The summed E-state index contributed by atoms with van der Waals surface area (Å²) in [6, 6.07) is 10.3. The first-order chi connectivity index (χ1) is 11.2. The maximum atomic E-state index is 12.6. The Kier molecular flexibility index (Phi) is 3.32. The summed E-state index contributed by atoms with van der Waals surface area (Å²) in [5.41, 5.74) is 0.666. The van der Waals surface area contributed by atoms with Gasteiger partial charge < -0.3 is 14.3 Å². The van der Waals surface area contributed by atoms with Crippen LogP contribution < -0.4 is 4.90 Å². The minimum absolute atomic E-state index is 0.258. The van der Waals surface area contributed by atoms with Crippen molar-refractivity contribution in [2.45, 2.75) is 19.3 Å². The second kappa shape index (κ2) is 5.37. The van der Waals surface area contributed by atoms with Crippen LogP contribution in [0.2, 0.25) is 0 Å². The second-order valence-corrected chi connectivity index (χ2v) is 6.55. The molecule has 6 nitrogen and oxygen atoms in total. The number of likely N-dealkylation sites (tertiary alicyclic amines) is 1. The largest absolute Gasteiger partial charge is 0.345 e. The Morgan fingerprint density at radius 2 is 2.00 bits per heavy atom. The van der Waals surface area contributed by atoms with Crippen molar-refractivity contribution in [3.63, 3.8) is 0 Å². The fourth-order valence-corrected chi connectivity index (χ4v) is 3.73. The van der Waals surface area contributed by atoms with Crippen molar-refractivity contribution in [3.05, 3.63) is 30.3 Å². The molecular formula is C17H20N4O2. The maximum Gasteiger partial charge on any atom is 0.324 e. The quantitative estimate of drug-likeness (QED) is 0.850. The minimum atomic E-state index is -0.269. The van der Waals surface area contributed by atoms with Gasteiger partial charge in [0.25, 0.3) is 0 Å². The Morgan fingerprint density at radius 1 is 1.17 bits per heavy atom. The van der Waals surface area contributed by atoms with E-state index in [4.69, 9.17) is 4.52 Å². The first-order valence-electron chi connectivity index (χ1n) is 8.08. The zero-order chi connectivity index (χ0) is 15.9. The van der Waals surface area contributed by atoms with Crippen LogP contribution in [0.25, 0.3) is 11.4 Å². The van der Waals surface area contributed by atoms with Crippen molar-refractivity contribution in [2.24, 2.45) is 5.41 Å². The molecular weight excluding hydrogens is 292 g/mol. The maximum absolute atomic E-state index is 12.6. The Labute approximate surface area is 135 Å². The topological polar surface area (TPSA) is 62.5 Å². The number of nitrogens with zero attached hydrogens (tertiary/aromatic N) is 4. The molecule has 1 atom stereocenters. The van der Waals surface area contributed by atoms with Crippen LogP contribution >= 0.6 is 0 Å². The number of hydrogen-bond acceptors (Lipinski definition) is 5. The Bertz CT molecular complexity index is 714. The van der Waals surface area contributed by atoms with Gasteiger partial charge in [0.2, 0.25) is 11.7 Å². The molecule has 6 heteroatoms. The van der Waals surface area contributed by atoms with Crippen molar-refractivity contribution >= 4 is 11.9 Å². The molecule has 2 aliphatic heterocycles. The smallest absolute Gasteiger partial charge is 0.324 e. The number of benzene rings is 1. The van der Waals surface area contributed by atoms with Crippen LogP contribution in [0.1, 0.15) is 19.3 Å². The average molecular weight is 312 g/mol. The van der Waals surface area contributed by atoms with E-state index in [0.29, 0.717) is 18.4 Å². The summed E-state index contributed by atoms with van der Waals surface area (Å²) in [6.07, 6.45) is 2.88. The van der Waals surface area contributed by atoms with E-state index in [2.05, 4.69) is 15.0 Å². The third kappa shape index (κ3) is 2.38. The Hall–Kier alpha value is -2.37. The van der Waals surface area contributed by atoms with Gasteiger partial charge in [0.05, 0.1) is 5.41 Å². The van der Waals surface area contributed by atoms with Gasteiger partial charge in [-0.1, -0.05) is 35.5 Å². The first kappa shape index (κ1) is 14.2. The number of piperidine rings is 1. The van der Waals surface area contributed by atoms with Gasteiger partial charge >= 0.3 is 6.01 Å². The monoisotopic (exact) mass is 312 g/mol. The molecule has 1 spiro atoms. The molecule has 0 bridgehead atoms. The molecule has 0 N–H and O–H groups in total. The number of aromatic nitrogens is 2. The van der Waals surface area contributed by atoms with Crippen molar-refractivity contribution in [2.75, 3.05) is 31.6 Å². The van der Waals surface area contributed by atoms with Crippen LogP contribution in [0, 0.1) is 5.41 Å². The average Bonchev–Trinajstić information content (AvgIpc) is 3.21. The molecule has 0 saturated carbocycles. The van der Waals surface area contributed by atoms with E-state index >= 15 is 0 Å². The second-order valence-electron chi connectivity index (χ2n) is 6.55. The van der Waals surface area contributed by atoms with E-state index in [1.165, 1.54) is 0 Å². The lowest BCUT2D eigenvalue weighted by Gasteiger charge is -2.37. The van der Waals surface area contributed by atoms with E-state index < -0.39 is 0 Å². The van der Waals surface area contributed by atoms with Gasteiger partial charge in [-0.05, 0) is 19.3 Å². The van der Waals surface area contributed by atoms with E-state index in [9.17, 15) is 4.79 Å². The molecule has 0 aliphatic carbocycles. The van der Waals surface area contributed by atoms with Crippen LogP contribution in [-0.4, -0.2) is 47.6 Å². The summed E-state index contributed by atoms with van der Waals surface area (Å²) >= 11 is 0. The molecule has 1 amide bonds. The summed E-state index contributed by atoms with van der Waals surface area (Å²) in [7, 11) is 1.89. The molecule has 1 aromatic heterocycles. The highest BCUT2D eigenvalue weighted by Crippen LogP contribution is 2.41. The molecule has 2 aliphatic rings. The predicted molar refractivity (Wildman–Crippen MR) is 85.9 cm³/mol. The van der Waals surface area contributed by atoms with Gasteiger partial charge in [-0.25, -0.2) is 0 Å². The van der Waals surface area contributed by atoms with Crippen LogP contribution in [0.15, 0.2) is 34.9 Å². The lowest BCUT2D eigenvalue weighted by atomic mass is 9.78. The number of carbonyl (C=O) groups excluding carboxylic acids is 1. The zero-order valence-electron chi connectivity index (χ0n) is 13.2. The van der Waals surface area contributed by atoms with Gasteiger partial charge in [-0.15, -0.1) is 0 Å². The van der Waals surface area contributed by atoms with E-state index in [-0.39, 0.29) is 11.3 Å². The van der Waals surface area contributed by atoms with Crippen LogP contribution in [0.3, 0.4) is 0 Å². The highest BCUT2D eigenvalue weighted by molar-refractivity contribution is 5.84. The summed E-state index contributed by atoms with van der Waals surface area (Å²) in [6.45, 7) is 2.32. The van der Waals surface area contributed by atoms with Crippen LogP contribution in [0.4, 0.5) is 6.01 Å². The Balaban J connectivity index is 1.54. The van der Waals surface area contributed by atoms with Gasteiger partial charge in [0, 0.05) is 32.2 Å². The van der Waals surface area contributed by atoms with Gasteiger partial charge in [0.15, 0.2) is 0 Å². The first-order valence-corrected chi connectivity index (χ1v) is 8.08. The van der Waals surface area contributed by atoms with Crippen molar-refractivity contribution in [1.82, 2.24) is 15.0 Å². The third-order valence-corrected chi connectivity index (χ3v) is 5.02. The molecule has 23 heavy (non-hydrogen) atoms. The molecule has 1 aromatic carbocycles. The fourth-order valence-electron chi connectivity index (χ4n) is 3.73. The molecule has 0 unspecified atom stereocenters. The molecule has 120 valence electrons. The highest BCUT2D eigenvalue weighted by atomic mass is 16.5. The molecule has 2 fully saturated rings. The van der Waals surface area contributed by atoms with E-state index in [0.717, 1.165) is 37.9 Å². The van der Waals surface area contributed by atoms with Crippen molar-refractivity contribution in [3.8, 4) is 11.4 Å². The predicted octanol–water partition coefficient (Wildman–Crippen LogP) is 2.19. The SMILES string of the molecule is CN1CCC[C@]2(CCN(c3nc(-c4ccccc4)no3)C2)C1=O. The molecule has 4 rings (SSSR count). The molecule has 2 aromatic rings. The molecule has 3 heterocycles. The fraction of sp³-hybridized carbons (Fsp3) is 0.471. The van der Waals surface area contributed by atoms with Crippen molar-refractivity contribution < 1.29 is 9.32 Å². The zero-order valence-corrected chi connectivity index (χ0v) is 13.2. The van der Waals surface area contributed by atoms with Crippen LogP contribution in [0.5, 0.6) is 0 Å². The minimum Gasteiger partial charge on any atom is -0.345 e. The van der Waals surface area contributed by atoms with Crippen LogP contribution in [-0.2, 0) is 4.79 Å². The van der Waals surface area contributed by atoms with E-state index in [1.54, 1.807) is 0 Å². The van der Waals surface area contributed by atoms with Crippen molar-refractivity contribution in [1.29, 1.82) is 0 Å². The summed E-state index contributed by atoms with van der Waals surface area (Å²) in [4.78, 5) is 21.0. The number of anilines is 1. The number of hydrogen-bond donors (Lipinski definition) is 0. The van der Waals surface area contributed by atoms with Gasteiger partial charge in [-0.3, -0.25) is 4.79 Å². The highest BCUT2D eigenvalue weighted by Gasteiger charge is 2.48. The summed E-state index contributed by atoms with van der Waals surface area (Å²) in [5, 5.41) is 4.08. The number of carbonyl (C=O) groups is 1. The lowest BCUT2D eigenvalue weighted by Crippen LogP contribution is -2.48. The summed E-state index contributed by atoms with van der Waals surface area (Å²) < 4.78 is 5.44. The van der Waals surface area contributed by atoms with E-state index in [1.807, 2.05) is 42.3 Å². The summed E-state index contributed by atoms with van der Waals surface area (Å²) in [5.74, 6) is 0.850. The van der Waals surface area contributed by atoms with Gasteiger partial charge in [-0.2, -0.15) is 4.98 Å². The van der Waals surface area contributed by atoms with Gasteiger partial charge in [0.1, 0.15) is 0 Å². The molecule has 2 saturated heterocycles.